The number of hydrogen-bond acceptors (Lipinski definition) is 5. The first-order valence-corrected chi connectivity index (χ1v) is 15.3. The third-order valence-corrected chi connectivity index (χ3v) is 8.03. The van der Waals surface area contributed by atoms with Gasteiger partial charge in [0.2, 0.25) is 21.8 Å². The van der Waals surface area contributed by atoms with Crippen LogP contribution in [-0.4, -0.2) is 50.0 Å². The van der Waals surface area contributed by atoms with E-state index >= 15 is 0 Å². The van der Waals surface area contributed by atoms with Crippen molar-refractivity contribution in [3.8, 4) is 11.5 Å². The molecule has 11 heteroatoms. The Bertz CT molecular complexity index is 1420. The van der Waals surface area contributed by atoms with Crippen LogP contribution in [0.4, 0.5) is 5.69 Å². The van der Waals surface area contributed by atoms with Crippen LogP contribution in [-0.2, 0) is 26.2 Å². The van der Waals surface area contributed by atoms with E-state index in [1.165, 1.54) is 4.90 Å². The van der Waals surface area contributed by atoms with Gasteiger partial charge in [0.15, 0.2) is 0 Å². The van der Waals surface area contributed by atoms with Gasteiger partial charge in [0.1, 0.15) is 24.1 Å². The molecule has 0 saturated carbocycles. The van der Waals surface area contributed by atoms with E-state index < -0.39 is 28.5 Å². The van der Waals surface area contributed by atoms with Gasteiger partial charge in [-0.1, -0.05) is 54.4 Å². The Hall–Kier alpha value is -3.27. The molecule has 2 atom stereocenters. The van der Waals surface area contributed by atoms with E-state index in [0.29, 0.717) is 33.5 Å². The SMILES string of the molecule is CC[C@@H](C)NC(=O)[C@@H](C)N(Cc1ccc(Cl)cc1Cl)C(=O)CN(c1ccc(Oc2ccccc2)cc1)S(C)(=O)=O. The van der Waals surface area contributed by atoms with Crippen LogP contribution in [0.3, 0.4) is 0 Å². The molecule has 0 aliphatic rings. The summed E-state index contributed by atoms with van der Waals surface area (Å²) < 4.78 is 32.4. The van der Waals surface area contributed by atoms with Gasteiger partial charge in [-0.3, -0.25) is 13.9 Å². The average Bonchev–Trinajstić information content (AvgIpc) is 2.91. The number of nitrogens with zero attached hydrogens (tertiary/aromatic N) is 2. The molecule has 0 fully saturated rings. The minimum absolute atomic E-state index is 0.0224. The molecule has 0 aromatic heterocycles. The monoisotopic (exact) mass is 605 g/mol. The lowest BCUT2D eigenvalue weighted by Gasteiger charge is -2.32. The Labute approximate surface area is 245 Å². The molecule has 3 aromatic rings. The fourth-order valence-corrected chi connectivity index (χ4v) is 5.12. The molecule has 8 nitrogen and oxygen atoms in total. The van der Waals surface area contributed by atoms with Gasteiger partial charge in [-0.2, -0.15) is 0 Å². The molecule has 3 aromatic carbocycles. The van der Waals surface area contributed by atoms with Crippen molar-refractivity contribution in [1.29, 1.82) is 0 Å². The Kier molecular flexibility index (Phi) is 10.8. The maximum atomic E-state index is 13.7. The van der Waals surface area contributed by atoms with Crippen LogP contribution in [0.2, 0.25) is 10.0 Å². The van der Waals surface area contributed by atoms with E-state index in [1.807, 2.05) is 32.0 Å². The van der Waals surface area contributed by atoms with Gasteiger partial charge >= 0.3 is 0 Å². The normalized spacial score (nSPS) is 12.8. The number of benzene rings is 3. The highest BCUT2D eigenvalue weighted by Crippen LogP contribution is 2.27. The van der Waals surface area contributed by atoms with Gasteiger partial charge in [-0.05, 0) is 74.4 Å². The predicted octanol–water partition coefficient (Wildman–Crippen LogP) is 5.88. The van der Waals surface area contributed by atoms with Gasteiger partial charge in [0.05, 0.1) is 11.9 Å². The second-order valence-corrected chi connectivity index (χ2v) is 12.2. The Morgan fingerprint density at radius 2 is 1.57 bits per heavy atom. The number of amides is 2. The number of ether oxygens (including phenoxy) is 1. The van der Waals surface area contributed by atoms with Crippen molar-refractivity contribution in [3.05, 3.63) is 88.4 Å². The summed E-state index contributed by atoms with van der Waals surface area (Å²) in [4.78, 5) is 28.1. The largest absolute Gasteiger partial charge is 0.457 e. The molecule has 0 bridgehead atoms. The molecule has 214 valence electrons. The number of nitrogens with one attached hydrogen (secondary N) is 1. The standard InChI is InChI=1S/C29H33Cl2N3O5S/c1-5-20(2)32-29(36)21(3)33(18-22-11-12-23(30)17-27(22)31)28(35)19-34(40(4,37)38)24-13-15-26(16-14-24)39-25-9-7-6-8-10-25/h6-17,20-21H,5,18-19H2,1-4H3,(H,32,36)/t20-,21-/m1/s1. The molecular weight excluding hydrogens is 573 g/mol. The zero-order valence-corrected chi connectivity index (χ0v) is 25.1. The van der Waals surface area contributed by atoms with Crippen LogP contribution in [0, 0.1) is 0 Å². The van der Waals surface area contributed by atoms with Crippen LogP contribution in [0.25, 0.3) is 0 Å². The van der Waals surface area contributed by atoms with Crippen molar-refractivity contribution < 1.29 is 22.7 Å². The van der Waals surface area contributed by atoms with Crippen LogP contribution < -0.4 is 14.4 Å². The van der Waals surface area contributed by atoms with Gasteiger partial charge < -0.3 is 15.0 Å². The summed E-state index contributed by atoms with van der Waals surface area (Å²) in [6, 6.07) is 19.4. The molecular formula is C29H33Cl2N3O5S. The zero-order valence-electron chi connectivity index (χ0n) is 22.8. The fourth-order valence-electron chi connectivity index (χ4n) is 3.80. The average molecular weight is 607 g/mol. The van der Waals surface area contributed by atoms with Gasteiger partial charge in [0, 0.05) is 22.6 Å². The molecule has 0 unspecified atom stereocenters. The second-order valence-electron chi connectivity index (χ2n) is 9.43. The quantitative estimate of drug-likeness (QED) is 0.278. The number of carbonyl (C=O) groups is 2. The molecule has 0 aliphatic carbocycles. The molecule has 0 radical (unpaired) electrons. The summed E-state index contributed by atoms with van der Waals surface area (Å²) in [7, 11) is -3.87. The number of sulfonamides is 1. The Balaban J connectivity index is 1.88. The minimum Gasteiger partial charge on any atom is -0.457 e. The molecule has 2 amide bonds. The first-order valence-electron chi connectivity index (χ1n) is 12.7. The number of hydrogen-bond donors (Lipinski definition) is 1. The third kappa shape index (κ3) is 8.61. The molecule has 0 aliphatic heterocycles. The van der Waals surface area contributed by atoms with E-state index in [9.17, 15) is 18.0 Å². The first-order chi connectivity index (χ1) is 18.9. The highest BCUT2D eigenvalue weighted by Gasteiger charge is 2.31. The van der Waals surface area contributed by atoms with Crippen molar-refractivity contribution in [2.75, 3.05) is 17.1 Å². The van der Waals surface area contributed by atoms with E-state index in [0.717, 1.165) is 10.6 Å². The van der Waals surface area contributed by atoms with Crippen molar-refractivity contribution in [1.82, 2.24) is 10.2 Å². The Morgan fingerprint density at radius 3 is 2.15 bits per heavy atom. The van der Waals surface area contributed by atoms with E-state index in [1.54, 1.807) is 61.5 Å². The number of para-hydroxylation sites is 1. The number of carbonyl (C=O) groups excluding carboxylic acids is 2. The number of anilines is 1. The summed E-state index contributed by atoms with van der Waals surface area (Å²) >= 11 is 12.4. The topological polar surface area (TPSA) is 96.0 Å². The number of rotatable bonds is 12. The van der Waals surface area contributed by atoms with Crippen LogP contribution in [0.15, 0.2) is 72.8 Å². The summed E-state index contributed by atoms with van der Waals surface area (Å²) in [5, 5.41) is 3.64. The smallest absolute Gasteiger partial charge is 0.244 e. The van der Waals surface area contributed by atoms with Gasteiger partial charge in [-0.15, -0.1) is 0 Å². The lowest BCUT2D eigenvalue weighted by Crippen LogP contribution is -2.52. The zero-order chi connectivity index (χ0) is 29.4. The highest BCUT2D eigenvalue weighted by atomic mass is 35.5. The highest BCUT2D eigenvalue weighted by molar-refractivity contribution is 7.92. The summed E-state index contributed by atoms with van der Waals surface area (Å²) in [5.74, 6) is 0.199. The summed E-state index contributed by atoms with van der Waals surface area (Å²) in [5.41, 5.74) is 0.841. The summed E-state index contributed by atoms with van der Waals surface area (Å²) in [6.45, 7) is 4.85. The van der Waals surface area contributed by atoms with Gasteiger partial charge in [-0.25, -0.2) is 8.42 Å². The van der Waals surface area contributed by atoms with Crippen molar-refractivity contribution >= 4 is 50.7 Å². The lowest BCUT2D eigenvalue weighted by atomic mass is 10.1. The molecule has 1 N–H and O–H groups in total. The maximum absolute atomic E-state index is 13.7. The Morgan fingerprint density at radius 1 is 0.950 bits per heavy atom. The predicted molar refractivity (Wildman–Crippen MR) is 160 cm³/mol. The lowest BCUT2D eigenvalue weighted by molar-refractivity contribution is -0.139. The van der Waals surface area contributed by atoms with Crippen molar-refractivity contribution in [2.45, 2.75) is 45.8 Å². The molecule has 0 saturated heterocycles. The van der Waals surface area contributed by atoms with Crippen molar-refractivity contribution in [2.24, 2.45) is 0 Å². The molecule has 0 spiro atoms. The van der Waals surface area contributed by atoms with Crippen LogP contribution >= 0.6 is 23.2 Å². The van der Waals surface area contributed by atoms with Crippen LogP contribution in [0.5, 0.6) is 11.5 Å². The van der Waals surface area contributed by atoms with E-state index in [-0.39, 0.29) is 24.2 Å². The van der Waals surface area contributed by atoms with E-state index in [2.05, 4.69) is 5.32 Å². The fraction of sp³-hybridized carbons (Fsp3) is 0.310. The van der Waals surface area contributed by atoms with E-state index in [4.69, 9.17) is 27.9 Å². The number of halogens is 2. The second kappa shape index (κ2) is 13.9. The van der Waals surface area contributed by atoms with Crippen LogP contribution in [0.1, 0.15) is 32.8 Å². The van der Waals surface area contributed by atoms with Gasteiger partial charge in [0.25, 0.3) is 0 Å². The molecule has 40 heavy (non-hydrogen) atoms. The molecule has 3 rings (SSSR count). The van der Waals surface area contributed by atoms with Crippen molar-refractivity contribution in [3.63, 3.8) is 0 Å². The summed E-state index contributed by atoms with van der Waals surface area (Å²) in [6.07, 6.45) is 1.73. The first kappa shape index (κ1) is 31.3. The molecule has 0 heterocycles. The third-order valence-electron chi connectivity index (χ3n) is 6.31. The minimum atomic E-state index is -3.87. The maximum Gasteiger partial charge on any atom is 0.244 e.